The van der Waals surface area contributed by atoms with Gasteiger partial charge in [0.1, 0.15) is 22.2 Å². The zero-order valence-corrected chi connectivity index (χ0v) is 17.3. The zero-order chi connectivity index (χ0) is 20.9. The summed E-state index contributed by atoms with van der Waals surface area (Å²) in [5.74, 6) is 0.228. The van der Waals surface area contributed by atoms with Crippen LogP contribution < -0.4 is 9.62 Å². The van der Waals surface area contributed by atoms with Gasteiger partial charge < -0.3 is 4.90 Å². The molecule has 8 heteroatoms. The minimum absolute atomic E-state index is 0.0124. The van der Waals surface area contributed by atoms with Gasteiger partial charge in [-0.1, -0.05) is 18.6 Å². The highest BCUT2D eigenvalue weighted by atomic mass is 32.2. The lowest BCUT2D eigenvalue weighted by Crippen LogP contribution is -2.44. The van der Waals surface area contributed by atoms with Gasteiger partial charge in [0, 0.05) is 29.7 Å². The van der Waals surface area contributed by atoms with Crippen LogP contribution in [-0.2, 0) is 15.6 Å². The van der Waals surface area contributed by atoms with Gasteiger partial charge in [0.25, 0.3) is 0 Å². The van der Waals surface area contributed by atoms with Crippen molar-refractivity contribution in [2.24, 2.45) is 0 Å². The number of aromatic nitrogens is 2. The number of fused-ring (bicyclic) bond motifs is 1. The number of allylic oxidation sites excluding steroid dienone is 3. The summed E-state index contributed by atoms with van der Waals surface area (Å²) in [6, 6.07) is 9.46. The van der Waals surface area contributed by atoms with E-state index in [-0.39, 0.29) is 10.9 Å². The maximum atomic E-state index is 12.6. The highest BCUT2D eigenvalue weighted by Gasteiger charge is 2.53. The predicted molar refractivity (Wildman–Crippen MR) is 112 cm³/mol. The average molecular weight is 420 g/mol. The molecule has 0 radical (unpaired) electrons. The number of rotatable bonds is 5. The lowest BCUT2D eigenvalue weighted by Gasteiger charge is -2.39. The first-order chi connectivity index (χ1) is 14.4. The minimum Gasteiger partial charge on any atom is -0.313 e. The first-order valence-electron chi connectivity index (χ1n) is 9.97. The minimum atomic E-state index is -3.60. The van der Waals surface area contributed by atoms with E-state index in [1.807, 2.05) is 42.2 Å². The number of nitriles is 1. The van der Waals surface area contributed by atoms with Gasteiger partial charge in [-0.3, -0.25) is 4.98 Å². The smallest absolute Gasteiger partial charge is 0.242 e. The van der Waals surface area contributed by atoms with E-state index in [9.17, 15) is 13.7 Å². The van der Waals surface area contributed by atoms with Crippen molar-refractivity contribution >= 4 is 15.8 Å². The molecule has 1 aliphatic heterocycles. The Morgan fingerprint density at radius 3 is 2.63 bits per heavy atom. The monoisotopic (exact) mass is 419 g/mol. The Morgan fingerprint density at radius 2 is 2.07 bits per heavy atom. The Balaban J connectivity index is 1.55. The number of anilines is 1. The van der Waals surface area contributed by atoms with Crippen molar-refractivity contribution in [1.82, 2.24) is 14.7 Å². The third kappa shape index (κ3) is 2.70. The SMILES string of the molecule is CC1(c2ccc(S(=O)(=O)NC3CCC3)cn2)C(C#N)c2cccnc2N1C1=CC=C1. The molecule has 0 amide bonds. The van der Waals surface area contributed by atoms with Crippen LogP contribution >= 0.6 is 0 Å². The van der Waals surface area contributed by atoms with Gasteiger partial charge >= 0.3 is 0 Å². The molecule has 3 aliphatic rings. The van der Waals surface area contributed by atoms with E-state index in [0.29, 0.717) is 5.69 Å². The molecule has 7 nitrogen and oxygen atoms in total. The second kappa shape index (κ2) is 6.76. The maximum absolute atomic E-state index is 12.6. The van der Waals surface area contributed by atoms with Crippen LogP contribution in [0, 0.1) is 11.3 Å². The molecule has 0 saturated heterocycles. The van der Waals surface area contributed by atoms with E-state index >= 15 is 0 Å². The van der Waals surface area contributed by atoms with Gasteiger partial charge in [-0.25, -0.2) is 18.1 Å². The van der Waals surface area contributed by atoms with Crippen molar-refractivity contribution in [3.63, 3.8) is 0 Å². The number of nitrogens with zero attached hydrogens (tertiary/aromatic N) is 4. The molecule has 1 fully saturated rings. The molecule has 2 atom stereocenters. The number of sulfonamides is 1. The average Bonchev–Trinajstić information content (AvgIpc) is 2.93. The summed E-state index contributed by atoms with van der Waals surface area (Å²) < 4.78 is 28.0. The summed E-state index contributed by atoms with van der Waals surface area (Å²) >= 11 is 0. The highest BCUT2D eigenvalue weighted by molar-refractivity contribution is 7.89. The fourth-order valence-electron chi connectivity index (χ4n) is 4.31. The second-order valence-electron chi connectivity index (χ2n) is 8.04. The van der Waals surface area contributed by atoms with E-state index in [1.54, 1.807) is 18.3 Å². The summed E-state index contributed by atoms with van der Waals surface area (Å²) in [7, 11) is -3.60. The quantitative estimate of drug-likeness (QED) is 0.800. The molecule has 1 N–H and O–H groups in total. The molecule has 0 aromatic carbocycles. The van der Waals surface area contributed by atoms with Crippen LogP contribution in [0.1, 0.15) is 43.4 Å². The highest BCUT2D eigenvalue weighted by Crippen LogP contribution is 2.53. The maximum Gasteiger partial charge on any atom is 0.242 e. The number of nitrogens with one attached hydrogen (secondary N) is 1. The number of hydrogen-bond donors (Lipinski definition) is 1. The van der Waals surface area contributed by atoms with Gasteiger partial charge in [-0.05, 0) is 50.1 Å². The third-order valence-corrected chi connectivity index (χ3v) is 7.79. The lowest BCUT2D eigenvalue weighted by molar-refractivity contribution is 0.383. The van der Waals surface area contributed by atoms with Gasteiger partial charge in [-0.15, -0.1) is 0 Å². The molecule has 30 heavy (non-hydrogen) atoms. The Labute approximate surface area is 175 Å². The first kappa shape index (κ1) is 19.0. The van der Waals surface area contributed by atoms with Crippen LogP contribution in [0.3, 0.4) is 0 Å². The fraction of sp³-hybridized carbons (Fsp3) is 0.318. The van der Waals surface area contributed by atoms with Crippen molar-refractivity contribution in [1.29, 1.82) is 5.26 Å². The van der Waals surface area contributed by atoms with Crippen LogP contribution in [0.2, 0.25) is 0 Å². The van der Waals surface area contributed by atoms with Gasteiger partial charge in [0.05, 0.1) is 11.8 Å². The molecule has 152 valence electrons. The van der Waals surface area contributed by atoms with E-state index in [2.05, 4.69) is 20.8 Å². The molecular formula is C22H21N5O2S. The second-order valence-corrected chi connectivity index (χ2v) is 9.75. The predicted octanol–water partition coefficient (Wildman–Crippen LogP) is 3.10. The topological polar surface area (TPSA) is 99.0 Å². The van der Waals surface area contributed by atoms with Crippen LogP contribution in [0.4, 0.5) is 5.82 Å². The molecule has 1 saturated carbocycles. The number of pyridine rings is 2. The Hall–Kier alpha value is -3.02. The number of hydrogen-bond acceptors (Lipinski definition) is 6. The summed E-state index contributed by atoms with van der Waals surface area (Å²) in [6.45, 7) is 1.96. The third-order valence-electron chi connectivity index (χ3n) is 6.28. The summed E-state index contributed by atoms with van der Waals surface area (Å²) in [5.41, 5.74) is 1.59. The molecular weight excluding hydrogens is 398 g/mol. The first-order valence-corrected chi connectivity index (χ1v) is 11.5. The zero-order valence-electron chi connectivity index (χ0n) is 16.5. The Kier molecular flexibility index (Phi) is 4.27. The fourth-order valence-corrected chi connectivity index (χ4v) is 5.55. The van der Waals surface area contributed by atoms with Crippen LogP contribution in [-0.4, -0.2) is 24.4 Å². The standard InChI is InChI=1S/C22H21N5O2S/c1-22(20-11-10-17(14-25-20)30(28,29)26-15-5-2-6-15)19(13-23)18-9-4-12-24-21(18)27(22)16-7-3-8-16/h3-4,7-12,14-15,19,26H,2,5-6H2,1H3. The summed E-state index contributed by atoms with van der Waals surface area (Å²) in [6.07, 6.45) is 11.8. The van der Waals surface area contributed by atoms with E-state index < -0.39 is 21.5 Å². The van der Waals surface area contributed by atoms with Crippen molar-refractivity contribution in [3.05, 3.63) is 71.8 Å². The van der Waals surface area contributed by atoms with E-state index in [1.165, 1.54) is 6.20 Å². The molecule has 0 bridgehead atoms. The van der Waals surface area contributed by atoms with E-state index in [0.717, 1.165) is 36.3 Å². The van der Waals surface area contributed by atoms with Crippen LogP contribution in [0.25, 0.3) is 0 Å². The molecule has 2 unspecified atom stereocenters. The van der Waals surface area contributed by atoms with Crippen LogP contribution in [0.5, 0.6) is 0 Å². The Bertz CT molecular complexity index is 1210. The van der Waals surface area contributed by atoms with Crippen LogP contribution in [0.15, 0.2) is 65.5 Å². The molecule has 2 aromatic heterocycles. The van der Waals surface area contributed by atoms with E-state index in [4.69, 9.17) is 0 Å². The lowest BCUT2D eigenvalue weighted by atomic mass is 9.81. The van der Waals surface area contributed by atoms with Gasteiger partial charge in [0.2, 0.25) is 10.0 Å². The van der Waals surface area contributed by atoms with Crippen molar-refractivity contribution < 1.29 is 8.42 Å². The molecule has 3 heterocycles. The van der Waals surface area contributed by atoms with Crippen molar-refractivity contribution in [2.75, 3.05) is 4.90 Å². The largest absolute Gasteiger partial charge is 0.313 e. The Morgan fingerprint density at radius 1 is 1.27 bits per heavy atom. The van der Waals surface area contributed by atoms with Crippen molar-refractivity contribution in [2.45, 2.75) is 48.6 Å². The molecule has 2 aliphatic carbocycles. The summed E-state index contributed by atoms with van der Waals surface area (Å²) in [4.78, 5) is 11.2. The van der Waals surface area contributed by atoms with Gasteiger partial charge in [0.15, 0.2) is 0 Å². The molecule has 5 rings (SSSR count). The normalized spacial score (nSPS) is 25.1. The van der Waals surface area contributed by atoms with Crippen molar-refractivity contribution in [3.8, 4) is 6.07 Å². The molecule has 2 aromatic rings. The molecule has 0 spiro atoms. The van der Waals surface area contributed by atoms with Gasteiger partial charge in [-0.2, -0.15) is 5.26 Å². The summed E-state index contributed by atoms with van der Waals surface area (Å²) in [5, 5.41) is 10.0.